The fourth-order valence-corrected chi connectivity index (χ4v) is 4.05. The zero-order valence-corrected chi connectivity index (χ0v) is 14.4. The standard InChI is InChI=1S/C13H18N4OS3/c1-9-8-21-11(16-9)10(2)17-12(18)14-4-3-6-19-13-15-5-7-20-13/h5,7-8,10H,3-4,6H2,1-2H3,(H2,14,17,18). The zero-order chi connectivity index (χ0) is 15.1. The van der Waals surface area contributed by atoms with Crippen LogP contribution in [0.25, 0.3) is 0 Å². The third-order valence-electron chi connectivity index (χ3n) is 2.60. The van der Waals surface area contributed by atoms with Crippen molar-refractivity contribution in [1.29, 1.82) is 0 Å². The van der Waals surface area contributed by atoms with E-state index in [-0.39, 0.29) is 12.1 Å². The minimum absolute atomic E-state index is 0.0617. The van der Waals surface area contributed by atoms with Gasteiger partial charge in [0.2, 0.25) is 0 Å². The molecule has 5 nitrogen and oxygen atoms in total. The number of rotatable bonds is 7. The van der Waals surface area contributed by atoms with Crippen molar-refractivity contribution < 1.29 is 4.79 Å². The number of aromatic nitrogens is 2. The molecule has 2 heterocycles. The van der Waals surface area contributed by atoms with E-state index < -0.39 is 0 Å². The van der Waals surface area contributed by atoms with Crippen molar-refractivity contribution in [2.45, 2.75) is 30.6 Å². The molecule has 2 amide bonds. The maximum Gasteiger partial charge on any atom is 0.315 e. The second-order valence-electron chi connectivity index (χ2n) is 4.45. The molecule has 1 atom stereocenters. The highest BCUT2D eigenvalue weighted by Crippen LogP contribution is 2.20. The van der Waals surface area contributed by atoms with E-state index in [1.807, 2.05) is 24.6 Å². The summed E-state index contributed by atoms with van der Waals surface area (Å²) >= 11 is 4.93. The minimum atomic E-state index is -0.144. The van der Waals surface area contributed by atoms with Crippen LogP contribution in [0.4, 0.5) is 4.79 Å². The number of urea groups is 1. The number of hydrogen-bond donors (Lipinski definition) is 2. The maximum absolute atomic E-state index is 11.8. The predicted octanol–water partition coefficient (Wildman–Crippen LogP) is 3.45. The number of nitrogens with one attached hydrogen (secondary N) is 2. The first-order valence-corrected chi connectivity index (χ1v) is 9.38. The van der Waals surface area contributed by atoms with Crippen LogP contribution in [0.5, 0.6) is 0 Å². The molecular weight excluding hydrogens is 324 g/mol. The first kappa shape index (κ1) is 16.3. The number of carbonyl (C=O) groups is 1. The summed E-state index contributed by atoms with van der Waals surface area (Å²) < 4.78 is 1.08. The Kier molecular flexibility index (Phi) is 6.47. The summed E-state index contributed by atoms with van der Waals surface area (Å²) in [6.45, 7) is 4.55. The smallest absolute Gasteiger partial charge is 0.315 e. The van der Waals surface area contributed by atoms with Crippen LogP contribution in [0, 0.1) is 6.92 Å². The van der Waals surface area contributed by atoms with Crippen molar-refractivity contribution in [2.75, 3.05) is 12.3 Å². The van der Waals surface area contributed by atoms with E-state index in [2.05, 4.69) is 20.6 Å². The van der Waals surface area contributed by atoms with Crippen LogP contribution in [0.2, 0.25) is 0 Å². The molecule has 0 saturated carbocycles. The number of hydrogen-bond acceptors (Lipinski definition) is 6. The van der Waals surface area contributed by atoms with Crippen molar-refractivity contribution in [3.63, 3.8) is 0 Å². The van der Waals surface area contributed by atoms with Gasteiger partial charge < -0.3 is 10.6 Å². The topological polar surface area (TPSA) is 66.9 Å². The lowest BCUT2D eigenvalue weighted by Gasteiger charge is -2.12. The first-order chi connectivity index (χ1) is 10.1. The van der Waals surface area contributed by atoms with E-state index in [9.17, 15) is 4.79 Å². The molecule has 21 heavy (non-hydrogen) atoms. The van der Waals surface area contributed by atoms with Crippen LogP contribution in [0.15, 0.2) is 21.3 Å². The van der Waals surface area contributed by atoms with E-state index >= 15 is 0 Å². The molecule has 0 aromatic carbocycles. The van der Waals surface area contributed by atoms with E-state index in [0.29, 0.717) is 6.54 Å². The lowest BCUT2D eigenvalue weighted by molar-refractivity contribution is 0.238. The fraction of sp³-hybridized carbons (Fsp3) is 0.462. The molecule has 0 bridgehead atoms. The van der Waals surface area contributed by atoms with Crippen LogP contribution in [0.1, 0.15) is 30.1 Å². The van der Waals surface area contributed by atoms with E-state index in [1.54, 1.807) is 40.6 Å². The monoisotopic (exact) mass is 342 g/mol. The molecule has 2 aromatic heterocycles. The average Bonchev–Trinajstić information content (AvgIpc) is 3.09. The van der Waals surface area contributed by atoms with Crippen LogP contribution in [0.3, 0.4) is 0 Å². The van der Waals surface area contributed by atoms with Crippen molar-refractivity contribution >= 4 is 40.5 Å². The number of amides is 2. The van der Waals surface area contributed by atoms with Crippen molar-refractivity contribution in [3.05, 3.63) is 27.7 Å². The largest absolute Gasteiger partial charge is 0.338 e. The van der Waals surface area contributed by atoms with E-state index in [0.717, 1.165) is 27.2 Å². The van der Waals surface area contributed by atoms with Gasteiger partial charge >= 0.3 is 6.03 Å². The molecule has 0 spiro atoms. The first-order valence-electron chi connectivity index (χ1n) is 6.64. The quantitative estimate of drug-likeness (QED) is 0.597. The van der Waals surface area contributed by atoms with Gasteiger partial charge in [-0.05, 0) is 20.3 Å². The Labute approximate surface area is 136 Å². The van der Waals surface area contributed by atoms with Crippen molar-refractivity contribution in [1.82, 2.24) is 20.6 Å². The normalized spacial score (nSPS) is 12.1. The highest BCUT2D eigenvalue weighted by Gasteiger charge is 2.11. The summed E-state index contributed by atoms with van der Waals surface area (Å²) in [6, 6.07) is -0.206. The molecule has 0 fully saturated rings. The molecule has 2 rings (SSSR count). The van der Waals surface area contributed by atoms with Gasteiger partial charge in [-0.1, -0.05) is 11.8 Å². The van der Waals surface area contributed by atoms with Gasteiger partial charge in [0, 0.05) is 34.9 Å². The summed E-state index contributed by atoms with van der Waals surface area (Å²) in [4.78, 5) is 20.3. The summed E-state index contributed by atoms with van der Waals surface area (Å²) in [7, 11) is 0. The Balaban J connectivity index is 1.59. The number of nitrogens with zero attached hydrogens (tertiary/aromatic N) is 2. The lowest BCUT2D eigenvalue weighted by Crippen LogP contribution is -2.37. The van der Waals surface area contributed by atoms with Crippen LogP contribution < -0.4 is 10.6 Å². The Bertz CT molecular complexity index is 556. The van der Waals surface area contributed by atoms with Crippen LogP contribution in [-0.2, 0) is 0 Å². The van der Waals surface area contributed by atoms with Gasteiger partial charge in [0.05, 0.1) is 6.04 Å². The number of aryl methyl sites for hydroxylation is 1. The molecule has 0 radical (unpaired) electrons. The zero-order valence-electron chi connectivity index (χ0n) is 12.0. The van der Waals surface area contributed by atoms with Crippen molar-refractivity contribution in [2.24, 2.45) is 0 Å². The van der Waals surface area contributed by atoms with Gasteiger partial charge in [0.1, 0.15) is 9.35 Å². The van der Waals surface area contributed by atoms with Crippen LogP contribution >= 0.6 is 34.4 Å². The van der Waals surface area contributed by atoms with Gasteiger partial charge in [0.25, 0.3) is 0 Å². The second kappa shape index (κ2) is 8.35. The van der Waals surface area contributed by atoms with Gasteiger partial charge in [0.15, 0.2) is 0 Å². The molecule has 1 unspecified atom stereocenters. The van der Waals surface area contributed by atoms with Gasteiger partial charge in [-0.25, -0.2) is 14.8 Å². The predicted molar refractivity (Wildman–Crippen MR) is 89.3 cm³/mol. The number of thiazole rings is 2. The molecule has 2 N–H and O–H groups in total. The van der Waals surface area contributed by atoms with Gasteiger partial charge in [-0.3, -0.25) is 0 Å². The van der Waals surface area contributed by atoms with Crippen LogP contribution in [-0.4, -0.2) is 28.3 Å². The number of thioether (sulfide) groups is 1. The number of carbonyl (C=O) groups excluding carboxylic acids is 1. The Morgan fingerprint density at radius 2 is 2.33 bits per heavy atom. The molecular formula is C13H18N4OS3. The van der Waals surface area contributed by atoms with E-state index in [1.165, 1.54) is 0 Å². The molecule has 2 aromatic rings. The van der Waals surface area contributed by atoms with Gasteiger partial charge in [-0.15, -0.1) is 22.7 Å². The third kappa shape index (κ3) is 5.64. The van der Waals surface area contributed by atoms with E-state index in [4.69, 9.17) is 0 Å². The summed E-state index contributed by atoms with van der Waals surface area (Å²) in [5.74, 6) is 0.953. The Morgan fingerprint density at radius 3 is 3.00 bits per heavy atom. The molecule has 0 saturated heterocycles. The highest BCUT2D eigenvalue weighted by molar-refractivity contribution is 8.00. The third-order valence-corrected chi connectivity index (χ3v) is 5.79. The molecule has 0 aliphatic carbocycles. The molecule has 0 aliphatic rings. The second-order valence-corrected chi connectivity index (χ2v) is 7.58. The lowest BCUT2D eigenvalue weighted by atomic mass is 10.3. The minimum Gasteiger partial charge on any atom is -0.338 e. The average molecular weight is 343 g/mol. The molecule has 8 heteroatoms. The molecule has 0 aliphatic heterocycles. The Morgan fingerprint density at radius 1 is 1.48 bits per heavy atom. The van der Waals surface area contributed by atoms with Crippen molar-refractivity contribution in [3.8, 4) is 0 Å². The maximum atomic E-state index is 11.8. The fourth-order valence-electron chi connectivity index (χ4n) is 1.60. The van der Waals surface area contributed by atoms with Gasteiger partial charge in [-0.2, -0.15) is 0 Å². The summed E-state index contributed by atoms with van der Waals surface area (Å²) in [5.41, 5.74) is 0.989. The summed E-state index contributed by atoms with van der Waals surface area (Å²) in [6.07, 6.45) is 2.73. The SMILES string of the molecule is Cc1csc(C(C)NC(=O)NCCCSc2nccs2)n1. The molecule has 114 valence electrons. The highest BCUT2D eigenvalue weighted by atomic mass is 32.2. The summed E-state index contributed by atoms with van der Waals surface area (Å²) in [5, 5.41) is 10.6. The Hall–Kier alpha value is -1.12.